The average Bonchev–Trinajstić information content (AvgIpc) is 3.34. The molecule has 0 saturated heterocycles. The zero-order valence-electron chi connectivity index (χ0n) is 21.2. The van der Waals surface area contributed by atoms with Gasteiger partial charge in [0.25, 0.3) is 0 Å². The minimum absolute atomic E-state index is 0.125. The van der Waals surface area contributed by atoms with Crippen molar-refractivity contribution in [3.63, 3.8) is 0 Å². The third-order valence-electron chi connectivity index (χ3n) is 5.00. The first-order valence-corrected chi connectivity index (χ1v) is 11.4. The fraction of sp³-hybridized carbons (Fsp3) is 0.292. The second kappa shape index (κ2) is 15.4. The Morgan fingerprint density at radius 3 is 1.98 bits per heavy atom. The van der Waals surface area contributed by atoms with E-state index < -0.39 is 66.7 Å². The van der Waals surface area contributed by atoms with Crippen molar-refractivity contribution in [3.8, 4) is 5.75 Å². The first-order chi connectivity index (χ1) is 19.4. The number of ether oxygens (including phenoxy) is 1. The van der Waals surface area contributed by atoms with E-state index in [1.165, 1.54) is 36.4 Å². The number of halogens is 3. The summed E-state index contributed by atoms with van der Waals surface area (Å²) in [7, 11) is 0. The maximum Gasteiger partial charge on any atom is 0.490 e. The number of hydrogen-bond acceptors (Lipinski definition) is 9. The average molecular weight is 603 g/mol. The Balaban J connectivity index is 0.00000112. The van der Waals surface area contributed by atoms with Crippen LogP contribution in [0.25, 0.3) is 0 Å². The number of rotatable bonds is 13. The molecule has 42 heavy (non-hydrogen) atoms. The third kappa shape index (κ3) is 12.2. The molecule has 0 bridgehead atoms. The lowest BCUT2D eigenvalue weighted by Crippen LogP contribution is -2.45. The zero-order valence-corrected chi connectivity index (χ0v) is 21.2. The molecule has 15 nitrogen and oxygen atoms in total. The molecule has 228 valence electrons. The predicted octanol–water partition coefficient (Wildman–Crippen LogP) is 1.48. The number of nitrogens with one attached hydrogen (secondary N) is 2. The van der Waals surface area contributed by atoms with Crippen LogP contribution in [0.1, 0.15) is 41.1 Å². The maximum absolute atomic E-state index is 12.6. The highest BCUT2D eigenvalue weighted by atomic mass is 19.4. The molecule has 1 aromatic carbocycles. The molecule has 0 spiro atoms. The van der Waals surface area contributed by atoms with E-state index >= 15 is 0 Å². The van der Waals surface area contributed by atoms with Crippen LogP contribution in [0.5, 0.6) is 5.75 Å². The van der Waals surface area contributed by atoms with Crippen LogP contribution < -0.4 is 15.8 Å². The predicted molar refractivity (Wildman–Crippen MR) is 131 cm³/mol. The number of benzene rings is 1. The summed E-state index contributed by atoms with van der Waals surface area (Å²) >= 11 is 0. The number of amides is 1. The van der Waals surface area contributed by atoms with E-state index in [-0.39, 0.29) is 35.9 Å². The molecule has 0 radical (unpaired) electrons. The van der Waals surface area contributed by atoms with Crippen molar-refractivity contribution in [1.82, 2.24) is 5.32 Å². The number of esters is 1. The molecule has 0 aliphatic rings. The van der Waals surface area contributed by atoms with Crippen molar-refractivity contribution in [3.05, 3.63) is 53.5 Å². The van der Waals surface area contributed by atoms with Gasteiger partial charge >= 0.3 is 36.0 Å². The Morgan fingerprint density at radius 2 is 1.52 bits per heavy atom. The summed E-state index contributed by atoms with van der Waals surface area (Å²) in [5, 5.41) is 43.5. The summed E-state index contributed by atoms with van der Waals surface area (Å²) in [6.07, 6.45) is -6.74. The van der Waals surface area contributed by atoms with Crippen LogP contribution in [0.15, 0.2) is 40.8 Å². The number of carboxylic acids is 4. The summed E-state index contributed by atoms with van der Waals surface area (Å²) < 4.78 is 42.3. The van der Waals surface area contributed by atoms with Gasteiger partial charge in [0.15, 0.2) is 0 Å². The lowest BCUT2D eigenvalue weighted by molar-refractivity contribution is -0.192. The van der Waals surface area contributed by atoms with Gasteiger partial charge in [0, 0.05) is 24.3 Å². The Kier molecular flexibility index (Phi) is 12.7. The van der Waals surface area contributed by atoms with Gasteiger partial charge in [0.2, 0.25) is 11.7 Å². The number of furan rings is 1. The van der Waals surface area contributed by atoms with Gasteiger partial charge in [-0.05, 0) is 42.8 Å². The molecule has 1 unspecified atom stereocenters. The first-order valence-electron chi connectivity index (χ1n) is 11.4. The Hall–Kier alpha value is -5.42. The molecule has 8 N–H and O–H groups in total. The van der Waals surface area contributed by atoms with Gasteiger partial charge < -0.3 is 40.6 Å². The molecule has 1 aromatic heterocycles. The molecule has 18 heteroatoms. The van der Waals surface area contributed by atoms with Crippen molar-refractivity contribution in [2.24, 2.45) is 11.7 Å². The maximum atomic E-state index is 12.6. The van der Waals surface area contributed by atoms with Crippen molar-refractivity contribution < 1.29 is 71.5 Å². The van der Waals surface area contributed by atoms with E-state index in [4.69, 9.17) is 45.5 Å². The van der Waals surface area contributed by atoms with Crippen LogP contribution in [-0.4, -0.2) is 74.2 Å². The quantitative estimate of drug-likeness (QED) is 0.0741. The number of carbonyl (C=O) groups is 6. The normalized spacial score (nSPS) is 12.1. The number of aliphatic carboxylic acids is 4. The van der Waals surface area contributed by atoms with E-state index in [1.807, 2.05) is 0 Å². The fourth-order valence-electron chi connectivity index (χ4n) is 2.99. The molecule has 2 rings (SSSR count). The van der Waals surface area contributed by atoms with E-state index in [2.05, 4.69) is 5.32 Å². The Morgan fingerprint density at radius 1 is 0.952 bits per heavy atom. The first kappa shape index (κ1) is 34.6. The monoisotopic (exact) mass is 603 g/mol. The highest BCUT2D eigenvalue weighted by molar-refractivity contribution is 5.95. The molecule has 0 aliphatic heterocycles. The molecular weight excluding hydrogens is 579 g/mol. The van der Waals surface area contributed by atoms with E-state index in [0.717, 1.165) is 0 Å². The molecule has 0 saturated carbocycles. The highest BCUT2D eigenvalue weighted by Crippen LogP contribution is 2.20. The van der Waals surface area contributed by atoms with Crippen molar-refractivity contribution in [1.29, 1.82) is 5.41 Å². The van der Waals surface area contributed by atoms with Crippen LogP contribution in [0.4, 0.5) is 13.2 Å². The van der Waals surface area contributed by atoms with Crippen LogP contribution in [-0.2, 0) is 30.4 Å². The largest absolute Gasteiger partial charge is 0.490 e. The second-order valence-electron chi connectivity index (χ2n) is 8.23. The van der Waals surface area contributed by atoms with Gasteiger partial charge in [-0.1, -0.05) is 0 Å². The van der Waals surface area contributed by atoms with Crippen LogP contribution in [0, 0.1) is 11.3 Å². The van der Waals surface area contributed by atoms with E-state index in [9.17, 15) is 37.1 Å². The second-order valence-corrected chi connectivity index (χ2v) is 8.23. The van der Waals surface area contributed by atoms with Crippen molar-refractivity contribution >= 4 is 41.6 Å². The number of alkyl halides is 3. The van der Waals surface area contributed by atoms with E-state index in [0.29, 0.717) is 5.56 Å². The Labute approximate surface area is 233 Å². The van der Waals surface area contributed by atoms with Crippen LogP contribution in [0.3, 0.4) is 0 Å². The number of hydrogen-bond donors (Lipinski definition) is 7. The summed E-state index contributed by atoms with van der Waals surface area (Å²) in [5.41, 5.74) is 5.80. The number of nitrogens with two attached hydrogens (primary N) is 1. The smallest absolute Gasteiger partial charge is 0.481 e. The summed E-state index contributed by atoms with van der Waals surface area (Å²) in [6.45, 7) is 0. The van der Waals surface area contributed by atoms with Crippen LogP contribution in [0.2, 0.25) is 0 Å². The number of carboxylic acid groups (broad SMARTS) is 4. The lowest BCUT2D eigenvalue weighted by Gasteiger charge is -2.18. The summed E-state index contributed by atoms with van der Waals surface area (Å²) in [5.74, 6) is -9.82. The van der Waals surface area contributed by atoms with Crippen molar-refractivity contribution in [2.45, 2.75) is 37.9 Å². The molecule has 2 aromatic rings. The zero-order chi connectivity index (χ0) is 32.2. The molecule has 0 fully saturated rings. The topological polar surface area (TPSA) is 268 Å². The molecule has 2 atom stereocenters. The molecule has 0 aliphatic carbocycles. The summed E-state index contributed by atoms with van der Waals surface area (Å²) in [6, 6.07) is 6.80. The van der Waals surface area contributed by atoms with Crippen LogP contribution >= 0.6 is 0 Å². The summed E-state index contributed by atoms with van der Waals surface area (Å²) in [4.78, 5) is 66.9. The van der Waals surface area contributed by atoms with E-state index in [1.54, 1.807) is 0 Å². The molecule has 1 amide bonds. The number of amidine groups is 1. The lowest BCUT2D eigenvalue weighted by atomic mass is 9.96. The van der Waals surface area contributed by atoms with Gasteiger partial charge in [-0.3, -0.25) is 19.8 Å². The van der Waals surface area contributed by atoms with Gasteiger partial charge in [0.1, 0.15) is 23.4 Å². The van der Waals surface area contributed by atoms with Gasteiger partial charge in [-0.15, -0.1) is 0 Å². The van der Waals surface area contributed by atoms with Crippen molar-refractivity contribution in [2.75, 3.05) is 0 Å². The number of nitrogen functional groups attached to an aromatic ring is 1. The highest BCUT2D eigenvalue weighted by Gasteiger charge is 2.38. The SMILES string of the molecule is N=C(N)c1ccc(OC(=O)c2ccc(CC(CCC(=O)O)C(=O)N[C@@H](CC(=O)O)C(=O)O)o2)cc1.O=C(O)C(F)(F)F. The molecular formula is C24H24F3N3O12. The third-order valence-corrected chi connectivity index (χ3v) is 5.00. The minimum atomic E-state index is -5.08. The van der Waals surface area contributed by atoms with Gasteiger partial charge in [-0.25, -0.2) is 14.4 Å². The fourth-order valence-corrected chi connectivity index (χ4v) is 2.99. The number of carbonyl (C=O) groups excluding carboxylic acids is 2. The minimum Gasteiger partial charge on any atom is -0.481 e. The molecule has 1 heterocycles. The Bertz CT molecular complexity index is 1320. The van der Waals surface area contributed by atoms with Gasteiger partial charge in [-0.2, -0.15) is 13.2 Å². The standard InChI is InChI=1S/C22H23N3O10.C2HF3O2/c23-19(24)11-1-4-13(5-2-11)35-22(33)16-7-6-14(34-16)9-12(3-8-17(26)27)20(30)25-15(21(31)32)10-18(28)29;3-2(4,5)1(6)7/h1-2,4-7,12,15H,3,8-10H2,(H3,23,24)(H,25,30)(H,26,27)(H,28,29)(H,31,32);(H,6,7)/t12?,15-;/m0./s1. The van der Waals surface area contributed by atoms with Gasteiger partial charge in [0.05, 0.1) is 6.42 Å².